The van der Waals surface area contributed by atoms with Gasteiger partial charge in [0.1, 0.15) is 5.82 Å². The van der Waals surface area contributed by atoms with Gasteiger partial charge in [-0.3, -0.25) is 4.98 Å². The Morgan fingerprint density at radius 1 is 1.14 bits per heavy atom. The summed E-state index contributed by atoms with van der Waals surface area (Å²) in [5.41, 5.74) is 9.33. The summed E-state index contributed by atoms with van der Waals surface area (Å²) in [6.45, 7) is 0. The third kappa shape index (κ3) is 2.96. The molecule has 0 spiro atoms. The lowest BCUT2D eigenvalue weighted by atomic mass is 9.97. The molecule has 1 heterocycles. The first kappa shape index (κ1) is 14.2. The Balaban J connectivity index is 1.93. The van der Waals surface area contributed by atoms with Gasteiger partial charge in [0, 0.05) is 17.6 Å². The summed E-state index contributed by atoms with van der Waals surface area (Å²) in [4.78, 5) is 4.34. The van der Waals surface area contributed by atoms with Crippen LogP contribution in [0, 0.1) is 5.82 Å². The Hall–Kier alpha value is -1.78. The van der Waals surface area contributed by atoms with E-state index in [-0.39, 0.29) is 11.9 Å². The number of nitrogens with two attached hydrogens (primary N) is 1. The van der Waals surface area contributed by atoms with Crippen LogP contribution in [0.2, 0.25) is 0 Å². The highest BCUT2D eigenvalue weighted by atomic mass is 79.9. The van der Waals surface area contributed by atoms with Crippen molar-refractivity contribution < 1.29 is 4.39 Å². The molecule has 0 bridgehead atoms. The zero-order chi connectivity index (χ0) is 14.8. The van der Waals surface area contributed by atoms with Gasteiger partial charge in [-0.05, 0) is 57.7 Å². The number of hydrogen-bond donors (Lipinski definition) is 1. The molecule has 0 radical (unpaired) electrons. The molecular weight excluding hydrogens is 331 g/mol. The molecule has 3 aromatic rings. The van der Waals surface area contributed by atoms with Crippen LogP contribution in [0.15, 0.2) is 59.2 Å². The molecule has 2 nitrogen and oxygen atoms in total. The van der Waals surface area contributed by atoms with Gasteiger partial charge in [0.2, 0.25) is 0 Å². The highest BCUT2D eigenvalue weighted by molar-refractivity contribution is 9.10. The van der Waals surface area contributed by atoms with Crippen LogP contribution < -0.4 is 5.73 Å². The Morgan fingerprint density at radius 3 is 2.76 bits per heavy atom. The SMILES string of the molecule is NC(Cc1ccc(F)c(Br)c1)c1ccnc2ccccc12. The van der Waals surface area contributed by atoms with Crippen molar-refractivity contribution in [3.63, 3.8) is 0 Å². The molecule has 0 aliphatic rings. The molecule has 4 heteroatoms. The van der Waals surface area contributed by atoms with Gasteiger partial charge in [-0.25, -0.2) is 4.39 Å². The summed E-state index contributed by atoms with van der Waals surface area (Å²) in [5.74, 6) is -0.262. The fourth-order valence-electron chi connectivity index (χ4n) is 2.47. The lowest BCUT2D eigenvalue weighted by molar-refractivity contribution is 0.619. The molecular formula is C17H14BrFN2. The molecule has 0 saturated carbocycles. The third-order valence-electron chi connectivity index (χ3n) is 3.52. The summed E-state index contributed by atoms with van der Waals surface area (Å²) in [6, 6.07) is 14.7. The highest BCUT2D eigenvalue weighted by Gasteiger charge is 2.12. The maximum Gasteiger partial charge on any atom is 0.137 e. The Bertz CT molecular complexity index is 783. The van der Waals surface area contributed by atoms with Gasteiger partial charge >= 0.3 is 0 Å². The second-order valence-electron chi connectivity index (χ2n) is 4.98. The van der Waals surface area contributed by atoms with Crippen molar-refractivity contribution in [3.05, 3.63) is 76.1 Å². The van der Waals surface area contributed by atoms with E-state index in [1.807, 2.05) is 30.3 Å². The minimum atomic E-state index is -0.262. The van der Waals surface area contributed by atoms with Gasteiger partial charge in [-0.2, -0.15) is 0 Å². The molecule has 21 heavy (non-hydrogen) atoms. The van der Waals surface area contributed by atoms with E-state index in [1.165, 1.54) is 6.07 Å². The third-order valence-corrected chi connectivity index (χ3v) is 4.13. The van der Waals surface area contributed by atoms with E-state index >= 15 is 0 Å². The molecule has 3 rings (SSSR count). The molecule has 2 N–H and O–H groups in total. The van der Waals surface area contributed by atoms with Crippen LogP contribution in [0.4, 0.5) is 4.39 Å². The number of hydrogen-bond acceptors (Lipinski definition) is 2. The molecule has 0 amide bonds. The fraction of sp³-hybridized carbons (Fsp3) is 0.118. The van der Waals surface area contributed by atoms with Crippen LogP contribution in [0.3, 0.4) is 0 Å². The normalized spacial score (nSPS) is 12.5. The molecule has 1 unspecified atom stereocenters. The predicted molar refractivity (Wildman–Crippen MR) is 86.5 cm³/mol. The van der Waals surface area contributed by atoms with Crippen molar-refractivity contribution >= 4 is 26.8 Å². The molecule has 0 fully saturated rings. The van der Waals surface area contributed by atoms with Crippen LogP contribution in [-0.2, 0) is 6.42 Å². The van der Waals surface area contributed by atoms with Crippen molar-refractivity contribution in [1.82, 2.24) is 4.98 Å². The lowest BCUT2D eigenvalue weighted by Crippen LogP contribution is -2.14. The summed E-state index contributed by atoms with van der Waals surface area (Å²) >= 11 is 3.21. The minimum Gasteiger partial charge on any atom is -0.324 e. The average Bonchev–Trinajstić information content (AvgIpc) is 2.50. The van der Waals surface area contributed by atoms with E-state index < -0.39 is 0 Å². The first-order chi connectivity index (χ1) is 10.1. The van der Waals surface area contributed by atoms with E-state index in [0.717, 1.165) is 22.0 Å². The summed E-state index contributed by atoms with van der Waals surface area (Å²) < 4.78 is 13.7. The quantitative estimate of drug-likeness (QED) is 0.765. The van der Waals surface area contributed by atoms with E-state index in [1.54, 1.807) is 18.3 Å². The summed E-state index contributed by atoms with van der Waals surface area (Å²) in [6.07, 6.45) is 2.42. The Kier molecular flexibility index (Phi) is 3.99. The van der Waals surface area contributed by atoms with Crippen molar-refractivity contribution in [3.8, 4) is 0 Å². The topological polar surface area (TPSA) is 38.9 Å². The second kappa shape index (κ2) is 5.92. The van der Waals surface area contributed by atoms with E-state index in [4.69, 9.17) is 5.73 Å². The average molecular weight is 345 g/mol. The van der Waals surface area contributed by atoms with Gasteiger partial charge in [0.15, 0.2) is 0 Å². The first-order valence-corrected chi connectivity index (χ1v) is 7.47. The number of aromatic nitrogens is 1. The monoisotopic (exact) mass is 344 g/mol. The zero-order valence-corrected chi connectivity index (χ0v) is 12.8. The molecule has 106 valence electrons. The number of pyridine rings is 1. The second-order valence-corrected chi connectivity index (χ2v) is 5.83. The summed E-state index contributed by atoms with van der Waals surface area (Å²) in [5, 5.41) is 1.06. The van der Waals surface area contributed by atoms with Crippen LogP contribution in [0.25, 0.3) is 10.9 Å². The number of benzene rings is 2. The van der Waals surface area contributed by atoms with Gasteiger partial charge in [-0.15, -0.1) is 0 Å². The molecule has 2 aromatic carbocycles. The molecule has 1 atom stereocenters. The maximum absolute atomic E-state index is 13.3. The number of para-hydroxylation sites is 1. The minimum absolute atomic E-state index is 0.157. The molecule has 0 saturated heterocycles. The van der Waals surface area contributed by atoms with E-state index in [0.29, 0.717) is 10.9 Å². The summed E-state index contributed by atoms with van der Waals surface area (Å²) in [7, 11) is 0. The van der Waals surface area contributed by atoms with Crippen LogP contribution >= 0.6 is 15.9 Å². The number of nitrogens with zero attached hydrogens (tertiary/aromatic N) is 1. The van der Waals surface area contributed by atoms with Gasteiger partial charge < -0.3 is 5.73 Å². The van der Waals surface area contributed by atoms with E-state index in [9.17, 15) is 4.39 Å². The van der Waals surface area contributed by atoms with Crippen LogP contribution in [0.5, 0.6) is 0 Å². The molecule has 1 aromatic heterocycles. The van der Waals surface area contributed by atoms with E-state index in [2.05, 4.69) is 20.9 Å². The largest absolute Gasteiger partial charge is 0.324 e. The number of halogens is 2. The van der Waals surface area contributed by atoms with Crippen LogP contribution in [-0.4, -0.2) is 4.98 Å². The highest BCUT2D eigenvalue weighted by Crippen LogP contribution is 2.25. The lowest BCUT2D eigenvalue weighted by Gasteiger charge is -2.15. The predicted octanol–water partition coefficient (Wildman–Crippen LogP) is 4.38. The molecule has 0 aliphatic carbocycles. The smallest absolute Gasteiger partial charge is 0.137 e. The standard InChI is InChI=1S/C17H14BrFN2/c18-14-9-11(5-6-15(14)19)10-16(20)12-7-8-21-17-4-2-1-3-13(12)17/h1-9,16H,10,20H2. The Morgan fingerprint density at radius 2 is 1.95 bits per heavy atom. The fourth-order valence-corrected chi connectivity index (χ4v) is 2.90. The number of rotatable bonds is 3. The van der Waals surface area contributed by atoms with Crippen molar-refractivity contribution in [2.45, 2.75) is 12.5 Å². The number of fused-ring (bicyclic) bond motifs is 1. The zero-order valence-electron chi connectivity index (χ0n) is 11.3. The van der Waals surface area contributed by atoms with Crippen molar-refractivity contribution in [2.24, 2.45) is 5.73 Å². The Labute approximate surface area is 130 Å². The van der Waals surface area contributed by atoms with Crippen molar-refractivity contribution in [2.75, 3.05) is 0 Å². The molecule has 0 aliphatic heterocycles. The van der Waals surface area contributed by atoms with Gasteiger partial charge in [0.25, 0.3) is 0 Å². The van der Waals surface area contributed by atoms with Gasteiger partial charge in [0.05, 0.1) is 9.99 Å². The van der Waals surface area contributed by atoms with Crippen molar-refractivity contribution in [1.29, 1.82) is 0 Å². The van der Waals surface area contributed by atoms with Gasteiger partial charge in [-0.1, -0.05) is 24.3 Å². The first-order valence-electron chi connectivity index (χ1n) is 6.68. The van der Waals surface area contributed by atoms with Crippen LogP contribution in [0.1, 0.15) is 17.2 Å². The maximum atomic E-state index is 13.3.